The van der Waals surface area contributed by atoms with Crippen LogP contribution in [0.15, 0.2) is 0 Å². The Morgan fingerprint density at radius 1 is 1.11 bits per heavy atom. The molecule has 2 aliphatic rings. The van der Waals surface area contributed by atoms with Crippen LogP contribution in [0.1, 0.15) is 44.9 Å². The van der Waals surface area contributed by atoms with Gasteiger partial charge in [-0.25, -0.2) is 0 Å². The maximum atomic E-state index is 12.2. The van der Waals surface area contributed by atoms with E-state index in [-0.39, 0.29) is 12.5 Å². The predicted molar refractivity (Wildman–Crippen MR) is 71.3 cm³/mol. The van der Waals surface area contributed by atoms with Crippen LogP contribution in [0, 0.1) is 0 Å². The molecule has 4 nitrogen and oxygen atoms in total. The van der Waals surface area contributed by atoms with Gasteiger partial charge in [0.25, 0.3) is 0 Å². The Morgan fingerprint density at radius 3 is 2.33 bits per heavy atom. The summed E-state index contributed by atoms with van der Waals surface area (Å²) in [6.07, 6.45) is 8.52. The zero-order valence-electron chi connectivity index (χ0n) is 11.5. The molecule has 0 unspecified atom stereocenters. The molecule has 2 saturated carbocycles. The number of aliphatic hydroxyl groups excluding tert-OH is 1. The van der Waals surface area contributed by atoms with E-state index in [0.717, 1.165) is 12.8 Å². The lowest BCUT2D eigenvalue weighted by atomic mass is 9.94. The summed E-state index contributed by atoms with van der Waals surface area (Å²) in [5, 5.41) is 9.17. The van der Waals surface area contributed by atoms with Crippen molar-refractivity contribution in [2.75, 3.05) is 26.7 Å². The first kappa shape index (κ1) is 13.8. The SMILES string of the molecule is CN(C(=O)CN(CCO)C1CCCCC1)C1CC1. The van der Waals surface area contributed by atoms with Crippen molar-refractivity contribution in [1.29, 1.82) is 0 Å². The molecule has 0 saturated heterocycles. The van der Waals surface area contributed by atoms with Crippen molar-refractivity contribution < 1.29 is 9.90 Å². The zero-order chi connectivity index (χ0) is 13.0. The van der Waals surface area contributed by atoms with Gasteiger partial charge < -0.3 is 10.0 Å². The average Bonchev–Trinajstić information content (AvgIpc) is 3.22. The third-order valence-electron chi connectivity index (χ3n) is 4.30. The van der Waals surface area contributed by atoms with Crippen molar-refractivity contribution >= 4 is 5.91 Å². The Bertz CT molecular complexity index is 273. The minimum absolute atomic E-state index is 0.150. The number of carbonyl (C=O) groups excluding carboxylic acids is 1. The molecule has 0 spiro atoms. The van der Waals surface area contributed by atoms with Crippen LogP contribution in [0.25, 0.3) is 0 Å². The van der Waals surface area contributed by atoms with Crippen LogP contribution in [0.5, 0.6) is 0 Å². The van der Waals surface area contributed by atoms with E-state index in [0.29, 0.717) is 25.2 Å². The first-order valence-corrected chi connectivity index (χ1v) is 7.33. The van der Waals surface area contributed by atoms with Crippen LogP contribution in [0.3, 0.4) is 0 Å². The molecule has 0 bridgehead atoms. The highest BCUT2D eigenvalue weighted by Crippen LogP contribution is 2.26. The standard InChI is InChI=1S/C14H26N2O2/c1-15(12-7-8-12)14(18)11-16(9-10-17)13-5-3-2-4-6-13/h12-13,17H,2-11H2,1H3. The summed E-state index contributed by atoms with van der Waals surface area (Å²) in [5.41, 5.74) is 0. The Hall–Kier alpha value is -0.610. The molecule has 0 heterocycles. The van der Waals surface area contributed by atoms with E-state index in [2.05, 4.69) is 4.90 Å². The minimum atomic E-state index is 0.150. The Kier molecular flexibility index (Phi) is 5.01. The Balaban J connectivity index is 1.85. The van der Waals surface area contributed by atoms with Gasteiger partial charge in [0.15, 0.2) is 0 Å². The van der Waals surface area contributed by atoms with Crippen LogP contribution in [0.2, 0.25) is 0 Å². The number of likely N-dealkylation sites (N-methyl/N-ethyl adjacent to an activating group) is 1. The number of hydrogen-bond donors (Lipinski definition) is 1. The third kappa shape index (κ3) is 3.69. The quantitative estimate of drug-likeness (QED) is 0.775. The molecule has 104 valence electrons. The van der Waals surface area contributed by atoms with Gasteiger partial charge in [-0.1, -0.05) is 19.3 Å². The fourth-order valence-corrected chi connectivity index (χ4v) is 2.92. The number of carbonyl (C=O) groups is 1. The van der Waals surface area contributed by atoms with E-state index in [1.165, 1.54) is 32.1 Å². The van der Waals surface area contributed by atoms with Crippen molar-refractivity contribution in [3.63, 3.8) is 0 Å². The summed E-state index contributed by atoms with van der Waals surface area (Å²) in [6.45, 7) is 1.27. The van der Waals surface area contributed by atoms with Gasteiger partial charge in [0.2, 0.25) is 5.91 Å². The number of aliphatic hydroxyl groups is 1. The van der Waals surface area contributed by atoms with Crippen molar-refractivity contribution in [3.8, 4) is 0 Å². The first-order chi connectivity index (χ1) is 8.72. The fourth-order valence-electron chi connectivity index (χ4n) is 2.92. The largest absolute Gasteiger partial charge is 0.395 e. The van der Waals surface area contributed by atoms with Gasteiger partial charge in [0, 0.05) is 25.7 Å². The zero-order valence-corrected chi connectivity index (χ0v) is 11.5. The maximum Gasteiger partial charge on any atom is 0.236 e. The van der Waals surface area contributed by atoms with Crippen molar-refractivity contribution in [1.82, 2.24) is 9.80 Å². The second-order valence-electron chi connectivity index (χ2n) is 5.72. The molecule has 2 fully saturated rings. The predicted octanol–water partition coefficient (Wildman–Crippen LogP) is 1.23. The highest BCUT2D eigenvalue weighted by molar-refractivity contribution is 5.78. The van der Waals surface area contributed by atoms with Gasteiger partial charge in [0.1, 0.15) is 0 Å². The number of hydrogen-bond acceptors (Lipinski definition) is 3. The molecule has 2 rings (SSSR count). The summed E-state index contributed by atoms with van der Waals surface area (Å²) in [6, 6.07) is 0.988. The number of rotatable bonds is 6. The summed E-state index contributed by atoms with van der Waals surface area (Å²) in [7, 11) is 1.91. The van der Waals surface area contributed by atoms with Crippen LogP contribution in [0.4, 0.5) is 0 Å². The molecule has 0 aromatic carbocycles. The van der Waals surface area contributed by atoms with Crippen LogP contribution in [-0.2, 0) is 4.79 Å². The normalized spacial score (nSPS) is 21.3. The fraction of sp³-hybridized carbons (Fsp3) is 0.929. The lowest BCUT2D eigenvalue weighted by molar-refractivity contribution is -0.132. The highest BCUT2D eigenvalue weighted by Gasteiger charge is 2.31. The van der Waals surface area contributed by atoms with Gasteiger partial charge >= 0.3 is 0 Å². The van der Waals surface area contributed by atoms with Gasteiger partial charge in [-0.05, 0) is 25.7 Å². The van der Waals surface area contributed by atoms with Crippen LogP contribution < -0.4 is 0 Å². The topological polar surface area (TPSA) is 43.8 Å². The van der Waals surface area contributed by atoms with E-state index in [9.17, 15) is 9.90 Å². The monoisotopic (exact) mass is 254 g/mol. The lowest BCUT2D eigenvalue weighted by Crippen LogP contribution is -2.46. The van der Waals surface area contributed by atoms with E-state index in [1.807, 2.05) is 11.9 Å². The molecule has 2 aliphatic carbocycles. The molecule has 0 aliphatic heterocycles. The van der Waals surface area contributed by atoms with Gasteiger partial charge in [-0.15, -0.1) is 0 Å². The van der Waals surface area contributed by atoms with Crippen molar-refractivity contribution in [2.45, 2.75) is 57.0 Å². The lowest BCUT2D eigenvalue weighted by Gasteiger charge is -2.34. The second kappa shape index (κ2) is 6.53. The molecule has 0 radical (unpaired) electrons. The van der Waals surface area contributed by atoms with E-state index in [1.54, 1.807) is 0 Å². The van der Waals surface area contributed by atoms with Gasteiger partial charge in [-0.3, -0.25) is 9.69 Å². The number of amides is 1. The van der Waals surface area contributed by atoms with Crippen molar-refractivity contribution in [3.05, 3.63) is 0 Å². The van der Waals surface area contributed by atoms with Gasteiger partial charge in [-0.2, -0.15) is 0 Å². The molecule has 0 atom stereocenters. The van der Waals surface area contributed by atoms with Crippen LogP contribution in [-0.4, -0.2) is 59.6 Å². The molecular formula is C14H26N2O2. The second-order valence-corrected chi connectivity index (χ2v) is 5.72. The van der Waals surface area contributed by atoms with E-state index >= 15 is 0 Å². The summed E-state index contributed by atoms with van der Waals surface area (Å²) < 4.78 is 0. The molecule has 4 heteroatoms. The molecule has 18 heavy (non-hydrogen) atoms. The van der Waals surface area contributed by atoms with E-state index < -0.39 is 0 Å². The molecule has 0 aromatic rings. The highest BCUT2D eigenvalue weighted by atomic mass is 16.3. The first-order valence-electron chi connectivity index (χ1n) is 7.33. The smallest absolute Gasteiger partial charge is 0.236 e. The summed E-state index contributed by atoms with van der Waals surface area (Å²) in [4.78, 5) is 16.2. The van der Waals surface area contributed by atoms with Gasteiger partial charge in [0.05, 0.1) is 13.2 Å². The summed E-state index contributed by atoms with van der Waals surface area (Å²) >= 11 is 0. The molecule has 1 N–H and O–H groups in total. The van der Waals surface area contributed by atoms with Crippen LogP contribution >= 0.6 is 0 Å². The summed E-state index contributed by atoms with van der Waals surface area (Å²) in [5.74, 6) is 0.219. The minimum Gasteiger partial charge on any atom is -0.395 e. The maximum absolute atomic E-state index is 12.2. The Morgan fingerprint density at radius 2 is 1.78 bits per heavy atom. The molecule has 1 amide bonds. The van der Waals surface area contributed by atoms with E-state index in [4.69, 9.17) is 0 Å². The van der Waals surface area contributed by atoms with Crippen molar-refractivity contribution in [2.24, 2.45) is 0 Å². The molecular weight excluding hydrogens is 228 g/mol. The molecule has 0 aromatic heterocycles. The average molecular weight is 254 g/mol. The number of nitrogens with zero attached hydrogens (tertiary/aromatic N) is 2. The third-order valence-corrected chi connectivity index (χ3v) is 4.30. The Labute approximate surface area is 110 Å².